The first-order valence-corrected chi connectivity index (χ1v) is 5.78. The van der Waals surface area contributed by atoms with Gasteiger partial charge in [0.15, 0.2) is 0 Å². The monoisotopic (exact) mass is 179 g/mol. The zero-order valence-corrected chi connectivity index (χ0v) is 9.32. The Morgan fingerprint density at radius 3 is 2.00 bits per heavy atom. The van der Waals surface area contributed by atoms with Crippen molar-refractivity contribution in [1.82, 2.24) is 0 Å². The largest absolute Gasteiger partial charge is 0.362 e. The second-order valence-electron chi connectivity index (χ2n) is 2.00. The zero-order valence-electron chi connectivity index (χ0n) is 8.42. The maximum Gasteiger partial charge on any atom is 0.0398 e. The molecular weight excluding hydrogens is 157 g/mol. The minimum absolute atomic E-state index is 0.243. The van der Waals surface area contributed by atoms with E-state index in [4.69, 9.17) is 10.3 Å². The van der Waals surface area contributed by atoms with Gasteiger partial charge in [0.25, 0.3) is 0 Å². The lowest BCUT2D eigenvalue weighted by Crippen LogP contribution is -2.15. The van der Waals surface area contributed by atoms with Crippen molar-refractivity contribution in [2.45, 2.75) is 33.4 Å². The molecule has 70 valence electrons. The van der Waals surface area contributed by atoms with E-state index in [1.165, 1.54) is 0 Å². The molecule has 2 nitrogen and oxygen atoms in total. The average molecular weight is 179 g/mol. The van der Waals surface area contributed by atoms with Crippen LogP contribution in [-0.2, 0) is 4.52 Å². The highest BCUT2D eigenvalue weighted by molar-refractivity contribution is 7.53. The molecule has 0 aromatic rings. The number of rotatable bonds is 4. The van der Waals surface area contributed by atoms with Gasteiger partial charge in [-0.25, -0.2) is 0 Å². The van der Waals surface area contributed by atoms with Crippen LogP contribution in [0.25, 0.3) is 0 Å². The molecule has 0 saturated heterocycles. The lowest BCUT2D eigenvalue weighted by atomic mass is 10.5. The van der Waals surface area contributed by atoms with Crippen LogP contribution in [0.3, 0.4) is 0 Å². The van der Waals surface area contributed by atoms with E-state index in [1.807, 2.05) is 13.8 Å². The van der Waals surface area contributed by atoms with E-state index in [0.717, 1.165) is 12.7 Å². The second-order valence-corrected chi connectivity index (χ2v) is 4.71. The first-order chi connectivity index (χ1) is 5.26. The van der Waals surface area contributed by atoms with E-state index in [1.54, 1.807) is 7.11 Å². The number of hydrogen-bond acceptors (Lipinski definition) is 2. The fourth-order valence-corrected chi connectivity index (χ4v) is 2.21. The van der Waals surface area contributed by atoms with Crippen molar-refractivity contribution in [1.29, 1.82) is 0 Å². The average Bonchev–Trinajstić information content (AvgIpc) is 2.10. The van der Waals surface area contributed by atoms with Crippen molar-refractivity contribution in [3.05, 3.63) is 0 Å². The van der Waals surface area contributed by atoms with Crippen LogP contribution in [0.15, 0.2) is 0 Å². The summed E-state index contributed by atoms with van der Waals surface area (Å²) in [5.41, 5.74) is 6.01. The molecule has 2 atom stereocenters. The smallest absolute Gasteiger partial charge is 0.0398 e. The summed E-state index contributed by atoms with van der Waals surface area (Å²) in [6, 6.07) is 0. The van der Waals surface area contributed by atoms with Gasteiger partial charge in [-0.05, 0) is 6.16 Å². The summed E-state index contributed by atoms with van der Waals surface area (Å²) >= 11 is 0. The number of nitrogens with two attached hydrogens (primary N) is 1. The molecule has 0 aliphatic heterocycles. The standard InChI is InChI=1S/C6H16NOP.C2H6/c1-4-9(8-3)6(2)5-7;1-2/h6H,4-5,7H2,1-3H3;1-2H3. The van der Waals surface area contributed by atoms with Crippen molar-refractivity contribution in [2.75, 3.05) is 19.8 Å². The third-order valence-corrected chi connectivity index (χ3v) is 3.67. The van der Waals surface area contributed by atoms with Crippen LogP contribution in [0.5, 0.6) is 0 Å². The van der Waals surface area contributed by atoms with Crippen LogP contribution in [0.2, 0.25) is 0 Å². The summed E-state index contributed by atoms with van der Waals surface area (Å²) in [4.78, 5) is 0. The molecule has 11 heavy (non-hydrogen) atoms. The van der Waals surface area contributed by atoms with Crippen molar-refractivity contribution in [3.63, 3.8) is 0 Å². The highest BCUT2D eigenvalue weighted by atomic mass is 31.1. The molecule has 0 aliphatic carbocycles. The van der Waals surface area contributed by atoms with Crippen molar-refractivity contribution in [3.8, 4) is 0 Å². The molecule has 0 aromatic carbocycles. The summed E-state index contributed by atoms with van der Waals surface area (Å²) in [6.45, 7) is 9.02. The van der Waals surface area contributed by atoms with Gasteiger partial charge in [0.05, 0.1) is 0 Å². The molecule has 0 amide bonds. The predicted octanol–water partition coefficient (Wildman–Crippen LogP) is 2.42. The van der Waals surface area contributed by atoms with Crippen molar-refractivity contribution in [2.24, 2.45) is 5.73 Å². The lowest BCUT2D eigenvalue weighted by molar-refractivity contribution is 0.454. The Hall–Kier alpha value is 0.350. The van der Waals surface area contributed by atoms with E-state index < -0.39 is 0 Å². The lowest BCUT2D eigenvalue weighted by Gasteiger charge is -2.18. The second kappa shape index (κ2) is 10.3. The van der Waals surface area contributed by atoms with Crippen LogP contribution in [0.4, 0.5) is 0 Å². The normalized spacial score (nSPS) is 14.7. The third-order valence-electron chi connectivity index (χ3n) is 1.38. The predicted molar refractivity (Wildman–Crippen MR) is 54.3 cm³/mol. The Morgan fingerprint density at radius 1 is 1.45 bits per heavy atom. The Kier molecular flexibility index (Phi) is 13.1. The van der Waals surface area contributed by atoms with Gasteiger partial charge in [0.2, 0.25) is 0 Å². The minimum Gasteiger partial charge on any atom is -0.362 e. The van der Waals surface area contributed by atoms with Crippen LogP contribution >= 0.6 is 8.15 Å². The Morgan fingerprint density at radius 2 is 1.91 bits per heavy atom. The van der Waals surface area contributed by atoms with E-state index in [2.05, 4.69) is 13.8 Å². The Bertz CT molecular complexity index is 67.1. The molecule has 2 N–H and O–H groups in total. The molecule has 0 saturated carbocycles. The van der Waals surface area contributed by atoms with Gasteiger partial charge in [-0.2, -0.15) is 0 Å². The van der Waals surface area contributed by atoms with Gasteiger partial charge in [-0.1, -0.05) is 27.7 Å². The van der Waals surface area contributed by atoms with Gasteiger partial charge >= 0.3 is 0 Å². The maximum absolute atomic E-state index is 5.46. The fourth-order valence-electron chi connectivity index (χ4n) is 0.738. The van der Waals surface area contributed by atoms with E-state index in [9.17, 15) is 0 Å². The molecule has 3 heteroatoms. The summed E-state index contributed by atoms with van der Waals surface area (Å²) in [6.07, 6.45) is 1.12. The summed E-state index contributed by atoms with van der Waals surface area (Å²) in [5, 5.41) is 0. The van der Waals surface area contributed by atoms with E-state index in [0.29, 0.717) is 5.66 Å². The topological polar surface area (TPSA) is 35.2 Å². The molecule has 0 bridgehead atoms. The Labute approximate surface area is 72.3 Å². The molecule has 0 aliphatic rings. The molecule has 2 unspecified atom stereocenters. The SMILES string of the molecule is CC.CCP(OC)C(C)CN. The van der Waals surface area contributed by atoms with Crippen LogP contribution < -0.4 is 5.73 Å². The highest BCUT2D eigenvalue weighted by Gasteiger charge is 2.11. The van der Waals surface area contributed by atoms with Crippen molar-refractivity contribution < 1.29 is 4.52 Å². The summed E-state index contributed by atoms with van der Waals surface area (Å²) in [5.74, 6) is 0. The molecule has 0 heterocycles. The van der Waals surface area contributed by atoms with Gasteiger partial charge in [0.1, 0.15) is 0 Å². The van der Waals surface area contributed by atoms with Crippen LogP contribution in [-0.4, -0.2) is 25.5 Å². The van der Waals surface area contributed by atoms with Crippen molar-refractivity contribution >= 4 is 8.15 Å². The Balaban J connectivity index is 0. The first kappa shape index (κ1) is 13.9. The van der Waals surface area contributed by atoms with E-state index in [-0.39, 0.29) is 8.15 Å². The molecule has 0 fully saturated rings. The van der Waals surface area contributed by atoms with Gasteiger partial charge in [0, 0.05) is 27.5 Å². The molecule has 0 rings (SSSR count). The third kappa shape index (κ3) is 6.74. The van der Waals surface area contributed by atoms with E-state index >= 15 is 0 Å². The molecular formula is C8H22NOP. The zero-order chi connectivity index (χ0) is 9.28. The minimum atomic E-state index is -0.243. The van der Waals surface area contributed by atoms with Gasteiger partial charge in [-0.3, -0.25) is 0 Å². The highest BCUT2D eigenvalue weighted by Crippen LogP contribution is 2.39. The molecule has 0 aromatic heterocycles. The molecule has 0 spiro atoms. The fraction of sp³-hybridized carbons (Fsp3) is 1.00. The van der Waals surface area contributed by atoms with Crippen LogP contribution in [0.1, 0.15) is 27.7 Å². The summed E-state index contributed by atoms with van der Waals surface area (Å²) in [7, 11) is 1.52. The summed E-state index contributed by atoms with van der Waals surface area (Å²) < 4.78 is 5.24. The van der Waals surface area contributed by atoms with Crippen LogP contribution in [0, 0.1) is 0 Å². The maximum atomic E-state index is 5.46. The number of hydrogen-bond donors (Lipinski definition) is 1. The first-order valence-electron chi connectivity index (χ1n) is 4.27. The van der Waals surface area contributed by atoms with Gasteiger partial charge in [-0.15, -0.1) is 0 Å². The molecule has 0 radical (unpaired) electrons. The quantitative estimate of drug-likeness (QED) is 0.673. The van der Waals surface area contributed by atoms with Gasteiger partial charge < -0.3 is 10.3 Å².